The molecule has 2 aliphatic carbocycles. The zero-order chi connectivity index (χ0) is 29.1. The minimum Gasteiger partial charge on any atom is -0.385 e. The normalized spacial score (nSPS) is 22.4. The van der Waals surface area contributed by atoms with Gasteiger partial charge in [-0.05, 0) is 74.6 Å². The largest absolute Gasteiger partial charge is 0.385 e. The number of fused-ring (bicyclic) bond motifs is 2. The molecule has 3 N–H and O–H groups in total. The van der Waals surface area contributed by atoms with Crippen LogP contribution in [0.4, 0.5) is 21.6 Å². The summed E-state index contributed by atoms with van der Waals surface area (Å²) in [5.74, 6) is 1.04. The predicted molar refractivity (Wildman–Crippen MR) is 162 cm³/mol. The number of hydrogen-bond donors (Lipinski definition) is 3. The van der Waals surface area contributed by atoms with Gasteiger partial charge in [-0.15, -0.1) is 5.10 Å². The molecule has 4 aromatic rings. The standard InChI is InChI=1S/C32H36FN9O/c1-34-25-13-29(40-42-28(18-38-30(25)42)31(43)39-24-12-23(24)33)41-10-5-22-21(3-2-4-27(22)41)26-17-36-20(16-37-26)11-19-14-32(15-19)6-8-35-9-7-32/h2-4,13,16-19,23-24,34-35H,5-12,14-15H2,1H3,(H,39,43)/t23-,24+/m0/s1. The van der Waals surface area contributed by atoms with Crippen LogP contribution in [0.5, 0.6) is 0 Å². The molecule has 5 heterocycles. The van der Waals surface area contributed by atoms with Crippen LogP contribution in [-0.4, -0.2) is 69.4 Å². The summed E-state index contributed by atoms with van der Waals surface area (Å²) in [7, 11) is 1.82. The van der Waals surface area contributed by atoms with Gasteiger partial charge in [-0.2, -0.15) is 0 Å². The van der Waals surface area contributed by atoms with Gasteiger partial charge in [-0.25, -0.2) is 13.9 Å². The quantitative estimate of drug-likeness (QED) is 0.299. The van der Waals surface area contributed by atoms with Crippen LogP contribution in [0.25, 0.3) is 16.9 Å². The average Bonchev–Trinajstić information content (AvgIpc) is 3.36. The molecular weight excluding hydrogens is 545 g/mol. The number of benzene rings is 1. The van der Waals surface area contributed by atoms with Gasteiger partial charge < -0.3 is 20.9 Å². The van der Waals surface area contributed by atoms with Crippen molar-refractivity contribution in [3.8, 4) is 11.3 Å². The lowest BCUT2D eigenvalue weighted by molar-refractivity contribution is 0.0216. The molecule has 10 nitrogen and oxygen atoms in total. The number of aromatic nitrogens is 5. The molecule has 11 heteroatoms. The maximum atomic E-state index is 13.4. The van der Waals surface area contributed by atoms with Crippen molar-refractivity contribution < 1.29 is 9.18 Å². The number of nitrogens with one attached hydrogen (secondary N) is 3. The fraction of sp³-hybridized carbons (Fsp3) is 0.469. The van der Waals surface area contributed by atoms with E-state index in [-0.39, 0.29) is 11.6 Å². The first-order valence-corrected chi connectivity index (χ1v) is 15.4. The summed E-state index contributed by atoms with van der Waals surface area (Å²) < 4.78 is 15.0. The van der Waals surface area contributed by atoms with E-state index < -0.39 is 12.2 Å². The van der Waals surface area contributed by atoms with E-state index in [1.807, 2.05) is 31.6 Å². The topological polar surface area (TPSA) is 112 Å². The average molecular weight is 582 g/mol. The zero-order valence-corrected chi connectivity index (χ0v) is 24.3. The van der Waals surface area contributed by atoms with Crippen LogP contribution < -0.4 is 20.9 Å². The molecule has 2 saturated carbocycles. The summed E-state index contributed by atoms with van der Waals surface area (Å²) in [6, 6.07) is 7.78. The van der Waals surface area contributed by atoms with Crippen LogP contribution >= 0.6 is 0 Å². The molecule has 43 heavy (non-hydrogen) atoms. The highest BCUT2D eigenvalue weighted by atomic mass is 19.1. The van der Waals surface area contributed by atoms with Crippen molar-refractivity contribution in [3.05, 3.63) is 59.8 Å². The summed E-state index contributed by atoms with van der Waals surface area (Å²) in [4.78, 5) is 29.2. The Hall–Kier alpha value is -4.12. The number of anilines is 3. The number of imidazole rings is 1. The van der Waals surface area contributed by atoms with Gasteiger partial charge >= 0.3 is 0 Å². The van der Waals surface area contributed by atoms with E-state index in [1.165, 1.54) is 37.4 Å². The summed E-state index contributed by atoms with van der Waals surface area (Å²) in [6.07, 6.45) is 11.8. The molecule has 0 bridgehead atoms. The highest BCUT2D eigenvalue weighted by Gasteiger charge is 2.44. The fourth-order valence-corrected chi connectivity index (χ4v) is 7.46. The van der Waals surface area contributed by atoms with Gasteiger partial charge in [0.15, 0.2) is 17.2 Å². The molecule has 4 aliphatic rings. The molecular formula is C32H36FN9O. The van der Waals surface area contributed by atoms with E-state index in [9.17, 15) is 9.18 Å². The van der Waals surface area contributed by atoms with Crippen molar-refractivity contribution in [1.29, 1.82) is 0 Å². The van der Waals surface area contributed by atoms with Crippen LogP contribution in [-0.2, 0) is 12.8 Å². The lowest BCUT2D eigenvalue weighted by Gasteiger charge is -2.50. The van der Waals surface area contributed by atoms with E-state index >= 15 is 0 Å². The molecule has 1 aromatic carbocycles. The lowest BCUT2D eigenvalue weighted by atomic mass is 9.57. The second-order valence-corrected chi connectivity index (χ2v) is 12.7. The molecule has 1 saturated heterocycles. The highest BCUT2D eigenvalue weighted by Crippen LogP contribution is 2.52. The van der Waals surface area contributed by atoms with Gasteiger partial charge in [0.1, 0.15) is 6.17 Å². The number of nitrogens with zero attached hydrogens (tertiary/aromatic N) is 6. The Labute approximate surface area is 249 Å². The Bertz CT molecular complexity index is 1690. The van der Waals surface area contributed by atoms with E-state index in [2.05, 4.69) is 38.0 Å². The van der Waals surface area contributed by atoms with Crippen molar-refractivity contribution in [2.24, 2.45) is 11.3 Å². The highest BCUT2D eigenvalue weighted by molar-refractivity contribution is 5.94. The summed E-state index contributed by atoms with van der Waals surface area (Å²) in [6.45, 7) is 3.05. The van der Waals surface area contributed by atoms with Crippen LogP contribution in [0.2, 0.25) is 0 Å². The first-order valence-electron chi connectivity index (χ1n) is 15.4. The van der Waals surface area contributed by atoms with Gasteiger partial charge in [0.25, 0.3) is 5.91 Å². The molecule has 2 aliphatic heterocycles. The van der Waals surface area contributed by atoms with E-state index in [0.717, 1.165) is 66.7 Å². The predicted octanol–water partition coefficient (Wildman–Crippen LogP) is 4.08. The number of carbonyl (C=O) groups is 1. The first-order chi connectivity index (χ1) is 21.0. The van der Waals surface area contributed by atoms with Gasteiger partial charge in [0.2, 0.25) is 0 Å². The monoisotopic (exact) mass is 581 g/mol. The number of piperidine rings is 1. The number of halogens is 1. The third kappa shape index (κ3) is 4.70. The Morgan fingerprint density at radius 3 is 2.72 bits per heavy atom. The summed E-state index contributed by atoms with van der Waals surface area (Å²) in [5.41, 5.74) is 7.46. The molecule has 222 valence electrons. The second kappa shape index (κ2) is 10.3. The van der Waals surface area contributed by atoms with Gasteiger partial charge in [0, 0.05) is 43.5 Å². The van der Waals surface area contributed by atoms with E-state index in [1.54, 1.807) is 4.52 Å². The van der Waals surface area contributed by atoms with Crippen molar-refractivity contribution in [1.82, 2.24) is 35.2 Å². The fourth-order valence-electron chi connectivity index (χ4n) is 7.46. The maximum absolute atomic E-state index is 13.4. The summed E-state index contributed by atoms with van der Waals surface area (Å²) in [5, 5.41) is 14.2. The molecule has 3 fully saturated rings. The SMILES string of the molecule is CNc1cc(N2CCc3c(-c4cnc(CC5CC6(CCNCC6)C5)cn4)cccc32)nn2c(C(=O)N[C@@H]3C[C@@H]3F)cnc12. The number of hydrogen-bond acceptors (Lipinski definition) is 8. The Morgan fingerprint density at radius 2 is 1.98 bits per heavy atom. The van der Waals surface area contributed by atoms with Crippen molar-refractivity contribution >= 4 is 28.7 Å². The minimum absolute atomic E-state index is 0.281. The molecule has 8 rings (SSSR count). The molecule has 0 radical (unpaired) electrons. The number of alkyl halides is 1. The van der Waals surface area contributed by atoms with Crippen LogP contribution in [0.15, 0.2) is 42.9 Å². The number of rotatable bonds is 7. The smallest absolute Gasteiger partial charge is 0.271 e. The molecule has 1 amide bonds. The van der Waals surface area contributed by atoms with Crippen molar-refractivity contribution in [2.75, 3.05) is 36.9 Å². The Morgan fingerprint density at radius 1 is 1.14 bits per heavy atom. The third-order valence-corrected chi connectivity index (χ3v) is 9.88. The van der Waals surface area contributed by atoms with Crippen molar-refractivity contribution in [3.63, 3.8) is 0 Å². The molecule has 2 atom stereocenters. The zero-order valence-electron chi connectivity index (χ0n) is 24.3. The second-order valence-electron chi connectivity index (χ2n) is 12.7. The van der Waals surface area contributed by atoms with E-state index in [4.69, 9.17) is 15.1 Å². The maximum Gasteiger partial charge on any atom is 0.271 e. The van der Waals surface area contributed by atoms with E-state index in [0.29, 0.717) is 23.3 Å². The summed E-state index contributed by atoms with van der Waals surface area (Å²) >= 11 is 0. The third-order valence-electron chi connectivity index (χ3n) is 9.88. The van der Waals surface area contributed by atoms with Crippen LogP contribution in [0, 0.1) is 11.3 Å². The molecule has 1 spiro atoms. The van der Waals surface area contributed by atoms with Gasteiger partial charge in [-0.1, -0.05) is 12.1 Å². The van der Waals surface area contributed by atoms with Gasteiger partial charge in [0.05, 0.1) is 35.5 Å². The van der Waals surface area contributed by atoms with Crippen molar-refractivity contribution in [2.45, 2.75) is 57.2 Å². The first kappa shape index (κ1) is 26.5. The van der Waals surface area contributed by atoms with Crippen LogP contribution in [0.3, 0.4) is 0 Å². The van der Waals surface area contributed by atoms with Crippen LogP contribution in [0.1, 0.15) is 53.8 Å². The van der Waals surface area contributed by atoms with Gasteiger partial charge in [-0.3, -0.25) is 14.8 Å². The number of amides is 1. The molecule has 0 unspecified atom stereocenters. The Kier molecular flexibility index (Phi) is 6.32. The Balaban J connectivity index is 1.03. The molecule has 3 aromatic heterocycles. The number of carbonyl (C=O) groups excluding carboxylic acids is 1. The minimum atomic E-state index is -0.981. The lowest BCUT2D eigenvalue weighted by Crippen LogP contribution is -2.46.